The van der Waals surface area contributed by atoms with E-state index in [1.807, 2.05) is 6.92 Å². The van der Waals surface area contributed by atoms with Gasteiger partial charge in [0.25, 0.3) is 0 Å². The van der Waals surface area contributed by atoms with E-state index in [2.05, 4.69) is 22.0 Å². The SMILES string of the molecule is CCCN1CCC(N2CCC(C(=O)NC(C)c3ccc(S(C)(=O)=O)cc3)CC2)CC1. The molecular formula is C23H37N3O3S. The fraction of sp³-hybridized carbons (Fsp3) is 0.696. The van der Waals surface area contributed by atoms with Crippen LogP contribution in [0, 0.1) is 5.92 Å². The fourth-order valence-electron chi connectivity index (χ4n) is 4.77. The molecule has 0 saturated carbocycles. The minimum Gasteiger partial charge on any atom is -0.349 e. The van der Waals surface area contributed by atoms with Crippen molar-refractivity contribution in [2.45, 2.75) is 62.9 Å². The van der Waals surface area contributed by atoms with Crippen molar-refractivity contribution in [3.8, 4) is 0 Å². The third kappa shape index (κ3) is 6.05. The third-order valence-electron chi connectivity index (χ3n) is 6.68. The summed E-state index contributed by atoms with van der Waals surface area (Å²) in [6.07, 6.45) is 6.76. The summed E-state index contributed by atoms with van der Waals surface area (Å²) in [7, 11) is -3.20. The Morgan fingerprint density at radius 3 is 2.20 bits per heavy atom. The summed E-state index contributed by atoms with van der Waals surface area (Å²) in [4.78, 5) is 18.2. The first-order chi connectivity index (χ1) is 14.3. The number of hydrogen-bond donors (Lipinski definition) is 1. The highest BCUT2D eigenvalue weighted by atomic mass is 32.2. The molecule has 1 N–H and O–H groups in total. The van der Waals surface area contributed by atoms with E-state index >= 15 is 0 Å². The smallest absolute Gasteiger partial charge is 0.223 e. The van der Waals surface area contributed by atoms with E-state index < -0.39 is 9.84 Å². The summed E-state index contributed by atoms with van der Waals surface area (Å²) in [6.45, 7) is 9.83. The molecule has 0 aliphatic carbocycles. The van der Waals surface area contributed by atoms with Crippen molar-refractivity contribution in [3.63, 3.8) is 0 Å². The molecule has 1 unspecified atom stereocenters. The second kappa shape index (κ2) is 10.2. The average molecular weight is 436 g/mol. The Balaban J connectivity index is 1.45. The van der Waals surface area contributed by atoms with Crippen LogP contribution in [0.1, 0.15) is 57.6 Å². The number of sulfone groups is 1. The van der Waals surface area contributed by atoms with Crippen LogP contribution >= 0.6 is 0 Å². The quantitative estimate of drug-likeness (QED) is 0.713. The number of likely N-dealkylation sites (tertiary alicyclic amines) is 2. The Kier molecular flexibility index (Phi) is 7.93. The van der Waals surface area contributed by atoms with Crippen LogP contribution in [0.3, 0.4) is 0 Å². The predicted molar refractivity (Wildman–Crippen MR) is 120 cm³/mol. The molecule has 0 radical (unpaired) electrons. The maximum absolute atomic E-state index is 12.8. The van der Waals surface area contributed by atoms with Crippen LogP contribution in [0.15, 0.2) is 29.2 Å². The molecule has 30 heavy (non-hydrogen) atoms. The minimum atomic E-state index is -3.20. The van der Waals surface area contributed by atoms with E-state index in [-0.39, 0.29) is 17.9 Å². The molecule has 0 bridgehead atoms. The van der Waals surface area contributed by atoms with Gasteiger partial charge in [-0.2, -0.15) is 0 Å². The van der Waals surface area contributed by atoms with Gasteiger partial charge >= 0.3 is 0 Å². The van der Waals surface area contributed by atoms with Crippen LogP contribution in [-0.4, -0.2) is 69.1 Å². The van der Waals surface area contributed by atoms with E-state index in [1.54, 1.807) is 24.3 Å². The Bertz CT molecular complexity index is 793. The Morgan fingerprint density at radius 1 is 1.07 bits per heavy atom. The number of nitrogens with one attached hydrogen (secondary N) is 1. The largest absolute Gasteiger partial charge is 0.349 e. The molecule has 1 atom stereocenters. The molecule has 1 aromatic rings. The van der Waals surface area contributed by atoms with Gasteiger partial charge in [0.15, 0.2) is 9.84 Å². The molecule has 2 saturated heterocycles. The molecule has 0 spiro atoms. The lowest BCUT2D eigenvalue weighted by Gasteiger charge is -2.41. The van der Waals surface area contributed by atoms with Crippen molar-refractivity contribution < 1.29 is 13.2 Å². The van der Waals surface area contributed by atoms with Gasteiger partial charge in [0.2, 0.25) is 5.91 Å². The molecule has 2 aliphatic heterocycles. The standard InChI is InChI=1S/C23H37N3O3S/c1-4-13-25-14-11-21(12-15-25)26-16-9-20(10-17-26)23(27)24-18(2)19-5-7-22(8-6-19)30(3,28)29/h5-8,18,20-21H,4,9-17H2,1-3H3,(H,24,27). The van der Waals surface area contributed by atoms with Crippen LogP contribution in [-0.2, 0) is 14.6 Å². The third-order valence-corrected chi connectivity index (χ3v) is 7.81. The summed E-state index contributed by atoms with van der Waals surface area (Å²) in [5.41, 5.74) is 0.923. The number of benzene rings is 1. The molecular weight excluding hydrogens is 398 g/mol. The summed E-state index contributed by atoms with van der Waals surface area (Å²) < 4.78 is 23.2. The molecule has 2 fully saturated rings. The normalized spacial score (nSPS) is 21.4. The maximum atomic E-state index is 12.8. The van der Waals surface area contributed by atoms with Crippen LogP contribution in [0.4, 0.5) is 0 Å². The summed E-state index contributed by atoms with van der Waals surface area (Å²) in [5.74, 6) is 0.186. The van der Waals surface area contributed by atoms with Gasteiger partial charge in [-0.1, -0.05) is 19.1 Å². The van der Waals surface area contributed by atoms with Gasteiger partial charge in [-0.25, -0.2) is 8.42 Å². The molecule has 7 heteroatoms. The van der Waals surface area contributed by atoms with Crippen molar-refractivity contribution in [2.24, 2.45) is 5.92 Å². The van der Waals surface area contributed by atoms with Gasteiger partial charge in [0, 0.05) is 18.2 Å². The molecule has 6 nitrogen and oxygen atoms in total. The first-order valence-electron chi connectivity index (χ1n) is 11.3. The zero-order chi connectivity index (χ0) is 21.7. The molecule has 3 rings (SSSR count). The van der Waals surface area contributed by atoms with E-state index in [0.717, 1.165) is 31.5 Å². The van der Waals surface area contributed by atoms with Crippen molar-refractivity contribution in [1.29, 1.82) is 0 Å². The molecule has 0 aromatic heterocycles. The lowest BCUT2D eigenvalue weighted by atomic mass is 9.92. The second-order valence-corrected chi connectivity index (χ2v) is 11.0. The highest BCUT2D eigenvalue weighted by Gasteiger charge is 2.31. The maximum Gasteiger partial charge on any atom is 0.223 e. The number of carbonyl (C=O) groups excluding carboxylic acids is 1. The number of rotatable bonds is 7. The van der Waals surface area contributed by atoms with E-state index in [1.165, 1.54) is 45.2 Å². The molecule has 2 heterocycles. The van der Waals surface area contributed by atoms with Crippen LogP contribution in [0.5, 0.6) is 0 Å². The fourth-order valence-corrected chi connectivity index (χ4v) is 5.40. The van der Waals surface area contributed by atoms with E-state index in [9.17, 15) is 13.2 Å². The number of carbonyl (C=O) groups is 1. The predicted octanol–water partition coefficient (Wildman–Crippen LogP) is 2.85. The topological polar surface area (TPSA) is 69.7 Å². The van der Waals surface area contributed by atoms with Gasteiger partial charge in [0.1, 0.15) is 0 Å². The van der Waals surface area contributed by atoms with Gasteiger partial charge < -0.3 is 15.1 Å². The molecule has 1 amide bonds. The number of hydrogen-bond acceptors (Lipinski definition) is 5. The van der Waals surface area contributed by atoms with Crippen molar-refractivity contribution >= 4 is 15.7 Å². The van der Waals surface area contributed by atoms with E-state index in [4.69, 9.17) is 0 Å². The van der Waals surface area contributed by atoms with Crippen LogP contribution < -0.4 is 5.32 Å². The summed E-state index contributed by atoms with van der Waals surface area (Å²) in [5, 5.41) is 3.12. The molecule has 168 valence electrons. The second-order valence-electron chi connectivity index (χ2n) is 8.95. The monoisotopic (exact) mass is 435 g/mol. The zero-order valence-electron chi connectivity index (χ0n) is 18.6. The average Bonchev–Trinajstić information content (AvgIpc) is 2.74. The Morgan fingerprint density at radius 2 is 1.67 bits per heavy atom. The van der Waals surface area contributed by atoms with Crippen molar-refractivity contribution in [3.05, 3.63) is 29.8 Å². The zero-order valence-corrected chi connectivity index (χ0v) is 19.5. The van der Waals surface area contributed by atoms with E-state index in [0.29, 0.717) is 10.9 Å². The van der Waals surface area contributed by atoms with Gasteiger partial charge in [-0.15, -0.1) is 0 Å². The molecule has 1 aromatic carbocycles. The highest BCUT2D eigenvalue weighted by molar-refractivity contribution is 7.90. The van der Waals surface area contributed by atoms with Crippen LogP contribution in [0.2, 0.25) is 0 Å². The number of amides is 1. The van der Waals surface area contributed by atoms with Crippen LogP contribution in [0.25, 0.3) is 0 Å². The summed E-state index contributed by atoms with van der Waals surface area (Å²) in [6, 6.07) is 7.33. The van der Waals surface area contributed by atoms with Gasteiger partial charge in [-0.05, 0) is 89.4 Å². The lowest BCUT2D eigenvalue weighted by Crippen LogP contribution is -2.49. The number of nitrogens with zero attached hydrogens (tertiary/aromatic N) is 2. The van der Waals surface area contributed by atoms with Gasteiger partial charge in [-0.3, -0.25) is 4.79 Å². The van der Waals surface area contributed by atoms with Crippen molar-refractivity contribution in [1.82, 2.24) is 15.1 Å². The molecule has 2 aliphatic rings. The highest BCUT2D eigenvalue weighted by Crippen LogP contribution is 2.25. The minimum absolute atomic E-state index is 0.0687. The number of piperidine rings is 2. The van der Waals surface area contributed by atoms with Crippen molar-refractivity contribution in [2.75, 3.05) is 39.0 Å². The first kappa shape index (κ1) is 23.2. The lowest BCUT2D eigenvalue weighted by molar-refractivity contribution is -0.127. The van der Waals surface area contributed by atoms with Gasteiger partial charge in [0.05, 0.1) is 10.9 Å². The Labute approximate surface area is 181 Å². The summed E-state index contributed by atoms with van der Waals surface area (Å²) >= 11 is 0. The Hall–Kier alpha value is -1.44. The first-order valence-corrected chi connectivity index (χ1v) is 13.2.